The number of anilines is 2. The number of methoxy groups -OCH3 is 2. The third kappa shape index (κ3) is 4.30. The van der Waals surface area contributed by atoms with Crippen molar-refractivity contribution in [1.82, 2.24) is 10.3 Å². The van der Waals surface area contributed by atoms with Gasteiger partial charge in [0.05, 0.1) is 30.9 Å². The maximum atomic E-state index is 11.3. The summed E-state index contributed by atoms with van der Waals surface area (Å²) in [6, 6.07) is 19.4. The molecule has 7 heteroatoms. The largest absolute Gasteiger partial charge is 0.497 e. The second kappa shape index (κ2) is 8.79. The number of alkyl carbamates (subject to hydrolysis) is 1. The lowest BCUT2D eigenvalue weighted by Crippen LogP contribution is -2.18. The van der Waals surface area contributed by atoms with Crippen LogP contribution in [0.4, 0.5) is 16.2 Å². The predicted octanol–water partition coefficient (Wildman–Crippen LogP) is 5.00. The monoisotopic (exact) mass is 417 g/mol. The molecule has 0 aliphatic carbocycles. The second-order valence-corrected chi connectivity index (χ2v) is 6.90. The number of rotatable bonds is 6. The van der Waals surface area contributed by atoms with Crippen LogP contribution in [0.15, 0.2) is 60.7 Å². The van der Waals surface area contributed by atoms with E-state index in [9.17, 15) is 4.79 Å². The number of amides is 1. The van der Waals surface area contributed by atoms with Gasteiger partial charge in [-0.25, -0.2) is 9.78 Å². The molecule has 4 rings (SSSR count). The average Bonchev–Trinajstić information content (AvgIpc) is 2.82. The van der Waals surface area contributed by atoms with Gasteiger partial charge in [-0.2, -0.15) is 0 Å². The number of ether oxygens (including phenoxy) is 3. The molecule has 0 bridgehead atoms. The number of fused-ring (bicyclic) bond motifs is 2. The number of pyridine rings is 1. The number of nitrogens with one attached hydrogen (secondary N) is 2. The van der Waals surface area contributed by atoms with Crippen LogP contribution in [0.3, 0.4) is 0 Å². The third-order valence-electron chi connectivity index (χ3n) is 4.99. The molecular formula is C24H23N3O4. The quantitative estimate of drug-likeness (QED) is 0.430. The topological polar surface area (TPSA) is 81.7 Å². The van der Waals surface area contributed by atoms with Gasteiger partial charge in [-0.3, -0.25) is 0 Å². The van der Waals surface area contributed by atoms with Crippen molar-refractivity contribution in [2.75, 3.05) is 26.6 Å². The van der Waals surface area contributed by atoms with Crippen LogP contribution in [-0.4, -0.2) is 32.3 Å². The molecule has 0 spiro atoms. The van der Waals surface area contributed by atoms with E-state index in [0.29, 0.717) is 0 Å². The van der Waals surface area contributed by atoms with Gasteiger partial charge in [0, 0.05) is 29.6 Å². The van der Waals surface area contributed by atoms with E-state index in [0.717, 1.165) is 50.2 Å². The van der Waals surface area contributed by atoms with E-state index >= 15 is 0 Å². The van der Waals surface area contributed by atoms with Crippen LogP contribution in [-0.2, 0) is 11.3 Å². The first-order valence-corrected chi connectivity index (χ1v) is 9.77. The molecule has 1 heterocycles. The van der Waals surface area contributed by atoms with E-state index in [2.05, 4.69) is 10.6 Å². The molecule has 1 amide bonds. The van der Waals surface area contributed by atoms with Gasteiger partial charge < -0.3 is 24.8 Å². The molecule has 31 heavy (non-hydrogen) atoms. The summed E-state index contributed by atoms with van der Waals surface area (Å²) in [4.78, 5) is 16.1. The van der Waals surface area contributed by atoms with Crippen molar-refractivity contribution in [2.24, 2.45) is 0 Å². The average molecular weight is 417 g/mol. The zero-order chi connectivity index (χ0) is 21.8. The fourth-order valence-electron chi connectivity index (χ4n) is 3.34. The molecule has 2 N–H and O–H groups in total. The molecule has 3 aromatic carbocycles. The Morgan fingerprint density at radius 1 is 0.871 bits per heavy atom. The summed E-state index contributed by atoms with van der Waals surface area (Å²) in [5, 5.41) is 7.87. The van der Waals surface area contributed by atoms with Gasteiger partial charge >= 0.3 is 6.09 Å². The minimum absolute atomic E-state index is 0.206. The van der Waals surface area contributed by atoms with Crippen molar-refractivity contribution in [3.05, 3.63) is 66.2 Å². The first-order valence-electron chi connectivity index (χ1n) is 9.77. The van der Waals surface area contributed by atoms with Gasteiger partial charge in [-0.1, -0.05) is 12.1 Å². The van der Waals surface area contributed by atoms with E-state index in [4.69, 9.17) is 19.2 Å². The van der Waals surface area contributed by atoms with Gasteiger partial charge in [0.25, 0.3) is 0 Å². The van der Waals surface area contributed by atoms with Gasteiger partial charge in [-0.05, 0) is 48.0 Å². The molecule has 4 aromatic rings. The zero-order valence-corrected chi connectivity index (χ0v) is 17.6. The number of carbonyl (C=O) groups excluding carboxylic acids is 1. The molecule has 158 valence electrons. The SMILES string of the molecule is CNC(=O)OCc1ccc(Nc2c3ccc(OC)cc3nc3ccc(OC)cc23)cc1. The lowest BCUT2D eigenvalue weighted by molar-refractivity contribution is 0.142. The van der Waals surface area contributed by atoms with Gasteiger partial charge in [0.15, 0.2) is 0 Å². The number of nitrogens with zero attached hydrogens (tertiary/aromatic N) is 1. The van der Waals surface area contributed by atoms with Gasteiger partial charge in [-0.15, -0.1) is 0 Å². The van der Waals surface area contributed by atoms with Crippen molar-refractivity contribution in [2.45, 2.75) is 6.61 Å². The molecule has 0 atom stereocenters. The molecule has 0 aliphatic heterocycles. The number of hydrogen-bond donors (Lipinski definition) is 2. The standard InChI is InChI=1S/C24H23N3O4/c1-25-24(28)31-14-15-4-6-16(7-5-15)26-23-19-10-8-18(30-3)13-22(19)27-21-11-9-17(29-2)12-20(21)23/h4-13H,14H2,1-3H3,(H,25,28)(H,26,27). The number of benzene rings is 3. The Bertz CT molecular complexity index is 1240. The predicted molar refractivity (Wildman–Crippen MR) is 121 cm³/mol. The van der Waals surface area contributed by atoms with Crippen LogP contribution >= 0.6 is 0 Å². The van der Waals surface area contributed by atoms with Crippen LogP contribution < -0.4 is 20.1 Å². The number of carbonyl (C=O) groups is 1. The summed E-state index contributed by atoms with van der Waals surface area (Å²) < 4.78 is 15.9. The van der Waals surface area contributed by atoms with E-state index in [1.165, 1.54) is 7.05 Å². The Morgan fingerprint density at radius 3 is 2.29 bits per heavy atom. The van der Waals surface area contributed by atoms with E-state index in [1.54, 1.807) is 14.2 Å². The summed E-state index contributed by atoms with van der Waals surface area (Å²) >= 11 is 0. The van der Waals surface area contributed by atoms with Crippen molar-refractivity contribution in [3.8, 4) is 11.5 Å². The zero-order valence-electron chi connectivity index (χ0n) is 17.6. The minimum atomic E-state index is -0.457. The summed E-state index contributed by atoms with van der Waals surface area (Å²) in [6.07, 6.45) is -0.457. The van der Waals surface area contributed by atoms with Crippen LogP contribution in [0.5, 0.6) is 11.5 Å². The molecule has 0 fully saturated rings. The maximum Gasteiger partial charge on any atom is 0.407 e. The minimum Gasteiger partial charge on any atom is -0.497 e. The van der Waals surface area contributed by atoms with Crippen LogP contribution in [0, 0.1) is 0 Å². The Hall–Kier alpha value is -4.00. The molecule has 0 saturated heterocycles. The Balaban J connectivity index is 1.74. The molecule has 0 unspecified atom stereocenters. The fraction of sp³-hybridized carbons (Fsp3) is 0.167. The highest BCUT2D eigenvalue weighted by molar-refractivity contribution is 6.09. The molecular weight excluding hydrogens is 394 g/mol. The third-order valence-corrected chi connectivity index (χ3v) is 4.99. The Morgan fingerprint density at radius 2 is 1.58 bits per heavy atom. The molecule has 1 aromatic heterocycles. The molecule has 0 saturated carbocycles. The fourth-order valence-corrected chi connectivity index (χ4v) is 3.34. The number of hydrogen-bond acceptors (Lipinski definition) is 6. The van der Waals surface area contributed by atoms with Crippen LogP contribution in [0.25, 0.3) is 21.8 Å². The Labute approximate surface area is 179 Å². The lowest BCUT2D eigenvalue weighted by atomic mass is 10.1. The van der Waals surface area contributed by atoms with Crippen molar-refractivity contribution < 1.29 is 19.0 Å². The smallest absolute Gasteiger partial charge is 0.407 e. The molecule has 0 aliphatic rings. The normalized spacial score (nSPS) is 10.7. The molecule has 7 nitrogen and oxygen atoms in total. The highest BCUT2D eigenvalue weighted by Crippen LogP contribution is 2.36. The first kappa shape index (κ1) is 20.3. The van der Waals surface area contributed by atoms with E-state index in [1.807, 2.05) is 60.7 Å². The van der Waals surface area contributed by atoms with Crippen molar-refractivity contribution in [3.63, 3.8) is 0 Å². The van der Waals surface area contributed by atoms with E-state index < -0.39 is 6.09 Å². The molecule has 0 radical (unpaired) electrons. The van der Waals surface area contributed by atoms with E-state index in [-0.39, 0.29) is 6.61 Å². The summed E-state index contributed by atoms with van der Waals surface area (Å²) in [6.45, 7) is 0.206. The highest BCUT2D eigenvalue weighted by atomic mass is 16.5. The highest BCUT2D eigenvalue weighted by Gasteiger charge is 2.12. The van der Waals surface area contributed by atoms with Crippen LogP contribution in [0.1, 0.15) is 5.56 Å². The van der Waals surface area contributed by atoms with Crippen LogP contribution in [0.2, 0.25) is 0 Å². The maximum absolute atomic E-state index is 11.3. The summed E-state index contributed by atoms with van der Waals surface area (Å²) in [7, 11) is 4.82. The van der Waals surface area contributed by atoms with Crippen molar-refractivity contribution >= 4 is 39.3 Å². The van der Waals surface area contributed by atoms with Gasteiger partial charge in [0.2, 0.25) is 0 Å². The lowest BCUT2D eigenvalue weighted by Gasteiger charge is -2.15. The second-order valence-electron chi connectivity index (χ2n) is 6.90. The number of aromatic nitrogens is 1. The Kier molecular flexibility index (Phi) is 5.75. The summed E-state index contributed by atoms with van der Waals surface area (Å²) in [5.41, 5.74) is 4.40. The first-order chi connectivity index (χ1) is 15.1. The summed E-state index contributed by atoms with van der Waals surface area (Å²) in [5.74, 6) is 1.51. The van der Waals surface area contributed by atoms with Gasteiger partial charge in [0.1, 0.15) is 18.1 Å². The van der Waals surface area contributed by atoms with Crippen molar-refractivity contribution in [1.29, 1.82) is 0 Å².